The summed E-state index contributed by atoms with van der Waals surface area (Å²) in [6.45, 7) is 0. The summed E-state index contributed by atoms with van der Waals surface area (Å²) in [7, 11) is 2.90. The van der Waals surface area contributed by atoms with E-state index >= 15 is 0 Å². The first-order valence-corrected chi connectivity index (χ1v) is 8.43. The fraction of sp³-hybridized carbons (Fsp3) is 0.263. The molecule has 29 heavy (non-hydrogen) atoms. The molecule has 1 heterocycles. The Labute approximate surface area is 164 Å². The van der Waals surface area contributed by atoms with Gasteiger partial charge in [0.2, 0.25) is 5.91 Å². The lowest BCUT2D eigenvalue weighted by atomic mass is 10.2. The number of carbonyl (C=O) groups excluding carboxylic acids is 2. The highest BCUT2D eigenvalue weighted by atomic mass is 19.4. The van der Waals surface area contributed by atoms with Gasteiger partial charge in [-0.25, -0.2) is 4.90 Å². The minimum absolute atomic E-state index is 0.103. The van der Waals surface area contributed by atoms with Crippen molar-refractivity contribution in [2.24, 2.45) is 0 Å². The zero-order valence-electron chi connectivity index (χ0n) is 15.4. The second-order valence-electron chi connectivity index (χ2n) is 6.08. The zero-order chi connectivity index (χ0) is 21.2. The number of ether oxygens (including phenoxy) is 3. The predicted molar refractivity (Wildman–Crippen MR) is 97.2 cm³/mol. The summed E-state index contributed by atoms with van der Waals surface area (Å²) in [5, 5.41) is 2.86. The van der Waals surface area contributed by atoms with Crippen LogP contribution in [0.2, 0.25) is 0 Å². The summed E-state index contributed by atoms with van der Waals surface area (Å²) in [6, 6.07) is 8.69. The molecule has 7 nitrogen and oxygen atoms in total. The van der Waals surface area contributed by atoms with Gasteiger partial charge in [0.05, 0.1) is 26.3 Å². The SMILES string of the molecule is COc1ccc(N2C(=O)C[C@H](Nc3ccc(OC(F)(F)F)cc3)C2=O)cc1OC. The van der Waals surface area contributed by atoms with Crippen LogP contribution in [0.25, 0.3) is 0 Å². The third-order valence-corrected chi connectivity index (χ3v) is 4.20. The number of rotatable bonds is 6. The monoisotopic (exact) mass is 410 g/mol. The average Bonchev–Trinajstić information content (AvgIpc) is 2.95. The molecule has 1 atom stereocenters. The molecule has 1 saturated heterocycles. The molecule has 2 amide bonds. The molecule has 1 aliphatic heterocycles. The second kappa shape index (κ2) is 7.90. The van der Waals surface area contributed by atoms with Gasteiger partial charge in [0.15, 0.2) is 11.5 Å². The largest absolute Gasteiger partial charge is 0.573 e. The van der Waals surface area contributed by atoms with E-state index in [9.17, 15) is 22.8 Å². The van der Waals surface area contributed by atoms with Gasteiger partial charge < -0.3 is 19.5 Å². The Hall–Kier alpha value is -3.43. The highest BCUT2D eigenvalue weighted by Crippen LogP contribution is 2.34. The standard InChI is InChI=1S/C19H17F3N2O5/c1-27-15-8-5-12(9-16(15)28-2)24-17(25)10-14(18(24)26)23-11-3-6-13(7-4-11)29-19(20,21)22/h3-9,14,23H,10H2,1-2H3/t14-/m0/s1. The van der Waals surface area contributed by atoms with E-state index in [-0.39, 0.29) is 12.2 Å². The molecule has 1 N–H and O–H groups in total. The summed E-state index contributed by atoms with van der Waals surface area (Å²) >= 11 is 0. The highest BCUT2D eigenvalue weighted by molar-refractivity contribution is 6.23. The number of alkyl halides is 3. The van der Waals surface area contributed by atoms with Crippen molar-refractivity contribution >= 4 is 23.2 Å². The molecular formula is C19H17F3N2O5. The van der Waals surface area contributed by atoms with Crippen LogP contribution in [0.3, 0.4) is 0 Å². The van der Waals surface area contributed by atoms with Gasteiger partial charge >= 0.3 is 6.36 Å². The fourth-order valence-electron chi connectivity index (χ4n) is 2.93. The number of halogens is 3. The Bertz CT molecular complexity index is 915. The van der Waals surface area contributed by atoms with Crippen LogP contribution in [0, 0.1) is 0 Å². The number of amides is 2. The number of carbonyl (C=O) groups is 2. The Kier molecular flexibility index (Phi) is 5.53. The number of nitrogens with zero attached hydrogens (tertiary/aromatic N) is 1. The van der Waals surface area contributed by atoms with Gasteiger partial charge in [-0.15, -0.1) is 13.2 Å². The molecule has 0 aliphatic carbocycles. The molecule has 0 radical (unpaired) electrons. The van der Waals surface area contributed by atoms with Gasteiger partial charge in [-0.3, -0.25) is 9.59 Å². The lowest BCUT2D eigenvalue weighted by Gasteiger charge is -2.18. The minimum Gasteiger partial charge on any atom is -0.493 e. The minimum atomic E-state index is -4.79. The number of anilines is 2. The molecule has 1 fully saturated rings. The molecule has 154 valence electrons. The second-order valence-corrected chi connectivity index (χ2v) is 6.08. The van der Waals surface area contributed by atoms with Crippen molar-refractivity contribution in [1.29, 1.82) is 0 Å². The first kappa shape index (κ1) is 20.3. The first-order chi connectivity index (χ1) is 13.7. The van der Waals surface area contributed by atoms with Gasteiger partial charge in [-0.2, -0.15) is 0 Å². The van der Waals surface area contributed by atoms with Crippen molar-refractivity contribution in [2.75, 3.05) is 24.4 Å². The van der Waals surface area contributed by atoms with E-state index in [2.05, 4.69) is 10.1 Å². The van der Waals surface area contributed by atoms with Crippen molar-refractivity contribution in [3.05, 3.63) is 42.5 Å². The molecule has 0 saturated carbocycles. The quantitative estimate of drug-likeness (QED) is 0.736. The Balaban J connectivity index is 1.74. The summed E-state index contributed by atoms with van der Waals surface area (Å²) in [5.74, 6) is -0.480. The zero-order valence-corrected chi connectivity index (χ0v) is 15.4. The van der Waals surface area contributed by atoms with E-state index in [1.807, 2.05) is 0 Å². The maximum Gasteiger partial charge on any atom is 0.573 e. The summed E-state index contributed by atoms with van der Waals surface area (Å²) in [6.07, 6.45) is -4.89. The van der Waals surface area contributed by atoms with E-state index in [4.69, 9.17) is 9.47 Å². The van der Waals surface area contributed by atoms with Crippen LogP contribution >= 0.6 is 0 Å². The molecule has 0 unspecified atom stereocenters. The number of hydrogen-bond donors (Lipinski definition) is 1. The third-order valence-electron chi connectivity index (χ3n) is 4.20. The van der Waals surface area contributed by atoms with Gasteiger partial charge in [-0.05, 0) is 36.4 Å². The predicted octanol–water partition coefficient (Wildman–Crippen LogP) is 3.35. The third kappa shape index (κ3) is 4.53. The first-order valence-electron chi connectivity index (χ1n) is 8.43. The van der Waals surface area contributed by atoms with Gasteiger partial charge in [-0.1, -0.05) is 0 Å². The molecule has 1 aliphatic rings. The maximum atomic E-state index is 12.7. The lowest BCUT2D eigenvalue weighted by molar-refractivity contribution is -0.274. The highest BCUT2D eigenvalue weighted by Gasteiger charge is 2.40. The van der Waals surface area contributed by atoms with Crippen molar-refractivity contribution in [3.8, 4) is 17.2 Å². The van der Waals surface area contributed by atoms with E-state index in [1.165, 1.54) is 32.4 Å². The number of nitrogens with one attached hydrogen (secondary N) is 1. The fourth-order valence-corrected chi connectivity index (χ4v) is 2.93. The lowest BCUT2D eigenvalue weighted by Crippen LogP contribution is -2.34. The molecule has 2 aromatic carbocycles. The van der Waals surface area contributed by atoms with Crippen molar-refractivity contribution in [2.45, 2.75) is 18.8 Å². The van der Waals surface area contributed by atoms with E-state index in [1.54, 1.807) is 12.1 Å². The average molecular weight is 410 g/mol. The number of hydrogen-bond acceptors (Lipinski definition) is 6. The summed E-state index contributed by atoms with van der Waals surface area (Å²) < 4.78 is 50.8. The van der Waals surface area contributed by atoms with Crippen molar-refractivity contribution in [3.63, 3.8) is 0 Å². The van der Waals surface area contributed by atoms with E-state index in [0.29, 0.717) is 22.9 Å². The molecule has 10 heteroatoms. The number of imide groups is 1. The van der Waals surface area contributed by atoms with Crippen LogP contribution < -0.4 is 24.4 Å². The van der Waals surface area contributed by atoms with Crippen LogP contribution in [0.5, 0.6) is 17.2 Å². The smallest absolute Gasteiger partial charge is 0.493 e. The Morgan fingerprint density at radius 2 is 1.66 bits per heavy atom. The van der Waals surface area contributed by atoms with Crippen LogP contribution in [-0.4, -0.2) is 38.4 Å². The van der Waals surface area contributed by atoms with Gasteiger partial charge in [0.1, 0.15) is 11.8 Å². The molecule has 0 spiro atoms. The molecule has 0 aromatic heterocycles. The van der Waals surface area contributed by atoms with Gasteiger partial charge in [0, 0.05) is 11.8 Å². The topological polar surface area (TPSA) is 77.1 Å². The van der Waals surface area contributed by atoms with E-state index in [0.717, 1.165) is 17.0 Å². The Morgan fingerprint density at radius 1 is 1.00 bits per heavy atom. The number of methoxy groups -OCH3 is 2. The molecule has 3 rings (SSSR count). The van der Waals surface area contributed by atoms with Crippen molar-refractivity contribution in [1.82, 2.24) is 0 Å². The molecule has 2 aromatic rings. The van der Waals surface area contributed by atoms with Crippen LogP contribution in [-0.2, 0) is 9.59 Å². The van der Waals surface area contributed by atoms with Crippen LogP contribution in [0.1, 0.15) is 6.42 Å². The van der Waals surface area contributed by atoms with E-state index < -0.39 is 24.2 Å². The normalized spacial score (nSPS) is 16.7. The number of benzene rings is 2. The van der Waals surface area contributed by atoms with Gasteiger partial charge in [0.25, 0.3) is 5.91 Å². The Morgan fingerprint density at radius 3 is 2.24 bits per heavy atom. The summed E-state index contributed by atoms with van der Waals surface area (Å²) in [4.78, 5) is 26.2. The maximum absolute atomic E-state index is 12.7. The van der Waals surface area contributed by atoms with Crippen LogP contribution in [0.15, 0.2) is 42.5 Å². The molecular weight excluding hydrogens is 393 g/mol. The van der Waals surface area contributed by atoms with Crippen LogP contribution in [0.4, 0.5) is 24.5 Å². The van der Waals surface area contributed by atoms with Crippen molar-refractivity contribution < 1.29 is 37.0 Å². The molecule has 0 bridgehead atoms. The summed E-state index contributed by atoms with van der Waals surface area (Å²) in [5.41, 5.74) is 0.704.